The summed E-state index contributed by atoms with van der Waals surface area (Å²) in [6.07, 6.45) is 26.4. The first-order valence-corrected chi connectivity index (χ1v) is 17.7. The highest BCUT2D eigenvalue weighted by Gasteiger charge is 2.11. The molecule has 42 heavy (non-hydrogen) atoms. The fourth-order valence-corrected chi connectivity index (χ4v) is 4.79. The van der Waals surface area contributed by atoms with Crippen molar-refractivity contribution in [1.29, 1.82) is 0 Å². The minimum absolute atomic E-state index is 0.100. The molecule has 0 radical (unpaired) electrons. The summed E-state index contributed by atoms with van der Waals surface area (Å²) in [6.45, 7) is 9.00. The van der Waals surface area contributed by atoms with E-state index in [9.17, 15) is 4.79 Å². The Kier molecular flexibility index (Phi) is 35.8. The third-order valence-electron chi connectivity index (χ3n) is 7.47. The lowest BCUT2D eigenvalue weighted by Crippen LogP contribution is -2.27. The van der Waals surface area contributed by atoms with Gasteiger partial charge in [0, 0.05) is 20.3 Å². The van der Waals surface area contributed by atoms with Crippen LogP contribution in [-0.2, 0) is 33.2 Å². The van der Waals surface area contributed by atoms with Gasteiger partial charge < -0.3 is 28.4 Å². The number of carbonyl (C=O) groups is 1. The summed E-state index contributed by atoms with van der Waals surface area (Å²) in [5.41, 5.74) is 0. The highest BCUT2D eigenvalue weighted by atomic mass is 16.6. The van der Waals surface area contributed by atoms with Crippen LogP contribution in [0.15, 0.2) is 0 Å². The number of hydrogen-bond donors (Lipinski definition) is 0. The van der Waals surface area contributed by atoms with Gasteiger partial charge in [-0.25, -0.2) is 0 Å². The van der Waals surface area contributed by atoms with Crippen LogP contribution >= 0.6 is 0 Å². The lowest BCUT2D eigenvalue weighted by molar-refractivity contribution is -0.147. The zero-order valence-corrected chi connectivity index (χ0v) is 28.1. The van der Waals surface area contributed by atoms with Gasteiger partial charge in [-0.3, -0.25) is 4.79 Å². The van der Waals surface area contributed by atoms with Crippen LogP contribution in [0, 0.1) is 0 Å². The van der Waals surface area contributed by atoms with Crippen molar-refractivity contribution in [2.75, 3.05) is 66.6 Å². The van der Waals surface area contributed by atoms with E-state index in [1.807, 2.05) is 0 Å². The molecule has 7 nitrogen and oxygen atoms in total. The summed E-state index contributed by atoms with van der Waals surface area (Å²) < 4.78 is 33.3. The van der Waals surface area contributed by atoms with Crippen molar-refractivity contribution in [3.63, 3.8) is 0 Å². The molecule has 0 saturated carbocycles. The van der Waals surface area contributed by atoms with Crippen molar-refractivity contribution in [3.8, 4) is 0 Å². The molecule has 0 aromatic carbocycles. The highest BCUT2D eigenvalue weighted by Crippen LogP contribution is 2.12. The number of ether oxygens (including phenoxy) is 6. The summed E-state index contributed by atoms with van der Waals surface area (Å²) in [4.78, 5) is 11.9. The molecule has 0 N–H and O–H groups in total. The number of carbonyl (C=O) groups excluding carboxylic acids is 1. The molecule has 0 aliphatic rings. The second-order valence-corrected chi connectivity index (χ2v) is 11.6. The molecular formula is C35H70O7. The summed E-state index contributed by atoms with van der Waals surface area (Å²) in [7, 11) is 1.63. The maximum atomic E-state index is 11.9. The molecule has 0 aliphatic heterocycles. The minimum Gasteiger partial charge on any atom is -0.463 e. The van der Waals surface area contributed by atoms with Crippen LogP contribution in [0.4, 0.5) is 0 Å². The van der Waals surface area contributed by atoms with Crippen LogP contribution in [0.1, 0.15) is 149 Å². The Morgan fingerprint density at radius 2 is 0.929 bits per heavy atom. The number of rotatable bonds is 36. The van der Waals surface area contributed by atoms with Gasteiger partial charge in [-0.15, -0.1) is 0 Å². The van der Waals surface area contributed by atoms with E-state index >= 15 is 0 Å². The van der Waals surface area contributed by atoms with E-state index in [0.29, 0.717) is 39.6 Å². The van der Waals surface area contributed by atoms with E-state index in [2.05, 4.69) is 13.8 Å². The SMILES string of the molecule is CCCCCCCCCCCCOC[C@@H](COCCC(=O)OCCOCCOC)OCCCCCCCCCCCC. The Balaban J connectivity index is 4.01. The van der Waals surface area contributed by atoms with Crippen LogP contribution in [0.5, 0.6) is 0 Å². The number of hydrogen-bond acceptors (Lipinski definition) is 7. The van der Waals surface area contributed by atoms with E-state index in [-0.39, 0.29) is 25.1 Å². The van der Waals surface area contributed by atoms with Crippen molar-refractivity contribution in [2.45, 2.75) is 155 Å². The lowest BCUT2D eigenvalue weighted by Gasteiger charge is -2.18. The standard InChI is InChI=1S/C35H70O7/c1-4-6-8-10-12-14-16-18-20-22-25-39-32-34(41-26-23-21-19-17-15-13-11-9-7-5-2)33-40-27-24-35(36)42-31-30-38-29-28-37-3/h34H,4-33H2,1-3H3/t34-/m0/s1. The first-order chi connectivity index (χ1) is 20.7. The molecular weight excluding hydrogens is 532 g/mol. The van der Waals surface area contributed by atoms with Crippen LogP contribution in [0.3, 0.4) is 0 Å². The maximum absolute atomic E-state index is 11.9. The van der Waals surface area contributed by atoms with Crippen molar-refractivity contribution in [2.24, 2.45) is 0 Å². The predicted molar refractivity (Wildman–Crippen MR) is 173 cm³/mol. The van der Waals surface area contributed by atoms with Gasteiger partial charge in [0.05, 0.1) is 46.1 Å². The van der Waals surface area contributed by atoms with Crippen molar-refractivity contribution < 1.29 is 33.2 Å². The molecule has 0 saturated heterocycles. The third kappa shape index (κ3) is 33.8. The lowest BCUT2D eigenvalue weighted by atomic mass is 10.1. The molecule has 252 valence electrons. The average molecular weight is 603 g/mol. The number of unbranched alkanes of at least 4 members (excludes halogenated alkanes) is 18. The Morgan fingerprint density at radius 1 is 0.476 bits per heavy atom. The second kappa shape index (κ2) is 36.5. The zero-order valence-electron chi connectivity index (χ0n) is 28.1. The Hall–Kier alpha value is -0.730. The molecule has 0 rings (SSSR count). The van der Waals surface area contributed by atoms with Gasteiger partial charge in [-0.2, -0.15) is 0 Å². The molecule has 0 spiro atoms. The predicted octanol–water partition coefficient (Wildman–Crippen LogP) is 8.84. The fraction of sp³-hybridized carbons (Fsp3) is 0.971. The normalized spacial score (nSPS) is 12.2. The summed E-state index contributed by atoms with van der Waals surface area (Å²) in [5.74, 6) is -0.273. The van der Waals surface area contributed by atoms with E-state index in [1.54, 1.807) is 7.11 Å². The van der Waals surface area contributed by atoms with Crippen molar-refractivity contribution in [1.82, 2.24) is 0 Å². The monoisotopic (exact) mass is 603 g/mol. The van der Waals surface area contributed by atoms with Crippen LogP contribution < -0.4 is 0 Å². The van der Waals surface area contributed by atoms with Crippen molar-refractivity contribution >= 4 is 5.97 Å². The number of esters is 1. The molecule has 0 amide bonds. The first-order valence-electron chi connectivity index (χ1n) is 17.7. The molecule has 0 aliphatic carbocycles. The van der Waals surface area contributed by atoms with Gasteiger partial charge >= 0.3 is 5.97 Å². The molecule has 7 heteroatoms. The quantitative estimate of drug-likeness (QED) is 0.0524. The van der Waals surface area contributed by atoms with Gasteiger partial charge in [-0.05, 0) is 12.8 Å². The van der Waals surface area contributed by atoms with Gasteiger partial charge in [0.1, 0.15) is 12.7 Å². The topological polar surface area (TPSA) is 72.5 Å². The largest absolute Gasteiger partial charge is 0.463 e. The summed E-state index contributed by atoms with van der Waals surface area (Å²) in [6, 6.07) is 0. The van der Waals surface area contributed by atoms with E-state index in [4.69, 9.17) is 28.4 Å². The Morgan fingerprint density at radius 3 is 1.45 bits per heavy atom. The summed E-state index contributed by atoms with van der Waals surface area (Å²) in [5, 5.41) is 0. The molecule has 0 fully saturated rings. The van der Waals surface area contributed by atoms with E-state index < -0.39 is 0 Å². The maximum Gasteiger partial charge on any atom is 0.308 e. The average Bonchev–Trinajstić information content (AvgIpc) is 2.99. The minimum atomic E-state index is -0.273. The van der Waals surface area contributed by atoms with E-state index in [0.717, 1.165) is 26.1 Å². The third-order valence-corrected chi connectivity index (χ3v) is 7.47. The smallest absolute Gasteiger partial charge is 0.308 e. The van der Waals surface area contributed by atoms with Crippen LogP contribution in [0.2, 0.25) is 0 Å². The van der Waals surface area contributed by atoms with Crippen LogP contribution in [0.25, 0.3) is 0 Å². The molecule has 1 atom stereocenters. The molecule has 0 aromatic rings. The van der Waals surface area contributed by atoms with Crippen LogP contribution in [-0.4, -0.2) is 78.6 Å². The highest BCUT2D eigenvalue weighted by molar-refractivity contribution is 5.69. The molecule has 0 bridgehead atoms. The van der Waals surface area contributed by atoms with Gasteiger partial charge in [-0.1, -0.05) is 129 Å². The molecule has 0 heterocycles. The Bertz CT molecular complexity index is 518. The Labute approximate surface area is 260 Å². The van der Waals surface area contributed by atoms with Crippen molar-refractivity contribution in [3.05, 3.63) is 0 Å². The zero-order chi connectivity index (χ0) is 30.6. The van der Waals surface area contributed by atoms with Gasteiger partial charge in [0.25, 0.3) is 0 Å². The van der Waals surface area contributed by atoms with Gasteiger partial charge in [0.2, 0.25) is 0 Å². The fourth-order valence-electron chi connectivity index (χ4n) is 4.79. The molecule has 0 aromatic heterocycles. The van der Waals surface area contributed by atoms with Gasteiger partial charge in [0.15, 0.2) is 0 Å². The van der Waals surface area contributed by atoms with E-state index in [1.165, 1.54) is 116 Å². The number of methoxy groups -OCH3 is 1. The summed E-state index contributed by atoms with van der Waals surface area (Å²) >= 11 is 0. The second-order valence-electron chi connectivity index (χ2n) is 11.6. The first kappa shape index (κ1) is 41.3. The molecule has 0 unspecified atom stereocenters.